The highest BCUT2D eigenvalue weighted by Gasteiger charge is 2.29. The van der Waals surface area contributed by atoms with Crippen molar-refractivity contribution in [1.82, 2.24) is 0 Å². The van der Waals surface area contributed by atoms with Gasteiger partial charge < -0.3 is 11.1 Å². The zero-order valence-electron chi connectivity index (χ0n) is 11.7. The minimum absolute atomic E-state index is 0.0876. The van der Waals surface area contributed by atoms with Crippen LogP contribution in [0.5, 0.6) is 0 Å². The molecule has 0 spiro atoms. The first-order valence-corrected chi connectivity index (χ1v) is 7.34. The number of aryl methyl sites for hydroxylation is 1. The molecule has 2 unspecified atom stereocenters. The van der Waals surface area contributed by atoms with Gasteiger partial charge in [0.05, 0.1) is 0 Å². The van der Waals surface area contributed by atoms with Crippen LogP contribution in [0.15, 0.2) is 24.3 Å². The van der Waals surface area contributed by atoms with Gasteiger partial charge in [-0.25, -0.2) is 0 Å². The van der Waals surface area contributed by atoms with E-state index in [4.69, 9.17) is 5.73 Å². The number of nitrogens with one attached hydrogen (secondary N) is 1. The largest absolute Gasteiger partial charge is 0.330 e. The lowest BCUT2D eigenvalue weighted by atomic mass is 9.78. The van der Waals surface area contributed by atoms with E-state index in [0.29, 0.717) is 12.5 Å². The molecule has 0 saturated heterocycles. The third-order valence-electron chi connectivity index (χ3n) is 4.18. The fourth-order valence-electron chi connectivity index (χ4n) is 2.89. The lowest BCUT2D eigenvalue weighted by Crippen LogP contribution is -2.35. The van der Waals surface area contributed by atoms with Gasteiger partial charge in [0, 0.05) is 11.6 Å². The van der Waals surface area contributed by atoms with E-state index in [1.54, 1.807) is 0 Å². The van der Waals surface area contributed by atoms with E-state index in [9.17, 15) is 4.79 Å². The third-order valence-corrected chi connectivity index (χ3v) is 4.18. The highest BCUT2D eigenvalue weighted by molar-refractivity contribution is 5.92. The molecule has 0 bridgehead atoms. The Bertz CT molecular complexity index is 413. The van der Waals surface area contributed by atoms with Crippen LogP contribution in [0.4, 0.5) is 5.69 Å². The molecule has 0 radical (unpaired) electrons. The summed E-state index contributed by atoms with van der Waals surface area (Å²) in [6.45, 7) is 2.74. The highest BCUT2D eigenvalue weighted by atomic mass is 16.1. The van der Waals surface area contributed by atoms with E-state index >= 15 is 0 Å². The predicted octanol–water partition coefficient (Wildman–Crippen LogP) is 2.95. The molecular weight excluding hydrogens is 236 g/mol. The number of carbonyl (C=O) groups is 1. The van der Waals surface area contributed by atoms with Crippen LogP contribution in [0.25, 0.3) is 0 Å². The van der Waals surface area contributed by atoms with Crippen LogP contribution in [-0.2, 0) is 11.2 Å². The molecule has 2 atom stereocenters. The van der Waals surface area contributed by atoms with Crippen LogP contribution in [0, 0.1) is 11.8 Å². The summed E-state index contributed by atoms with van der Waals surface area (Å²) in [4.78, 5) is 12.3. The second-order valence-corrected chi connectivity index (χ2v) is 5.43. The van der Waals surface area contributed by atoms with Crippen molar-refractivity contribution in [2.45, 2.75) is 39.0 Å². The van der Waals surface area contributed by atoms with Crippen LogP contribution < -0.4 is 11.1 Å². The molecule has 0 aliphatic heterocycles. The van der Waals surface area contributed by atoms with Crippen molar-refractivity contribution in [2.24, 2.45) is 17.6 Å². The van der Waals surface area contributed by atoms with E-state index in [1.165, 1.54) is 12.0 Å². The minimum atomic E-state index is 0.0876. The summed E-state index contributed by atoms with van der Waals surface area (Å²) >= 11 is 0. The molecule has 1 fully saturated rings. The average molecular weight is 260 g/mol. The van der Waals surface area contributed by atoms with Crippen LogP contribution in [0.2, 0.25) is 0 Å². The maximum atomic E-state index is 12.3. The lowest BCUT2D eigenvalue weighted by molar-refractivity contribution is -0.122. The van der Waals surface area contributed by atoms with E-state index in [-0.39, 0.29) is 11.8 Å². The van der Waals surface area contributed by atoms with Crippen molar-refractivity contribution in [3.05, 3.63) is 29.8 Å². The summed E-state index contributed by atoms with van der Waals surface area (Å²) in [5.74, 6) is 0.577. The van der Waals surface area contributed by atoms with Crippen LogP contribution >= 0.6 is 0 Å². The normalized spacial score (nSPS) is 23.1. The molecule has 1 amide bonds. The maximum absolute atomic E-state index is 12.3. The Kier molecular flexibility index (Phi) is 4.97. The molecule has 1 aromatic rings. The molecule has 3 nitrogen and oxygen atoms in total. The Morgan fingerprint density at radius 2 is 1.95 bits per heavy atom. The number of nitrogens with two attached hydrogens (primary N) is 1. The molecule has 1 aliphatic rings. The second-order valence-electron chi connectivity index (χ2n) is 5.43. The average Bonchev–Trinajstić information content (AvgIpc) is 2.48. The summed E-state index contributed by atoms with van der Waals surface area (Å²) in [6, 6.07) is 8.10. The number of rotatable bonds is 4. The first kappa shape index (κ1) is 14.1. The zero-order chi connectivity index (χ0) is 13.7. The van der Waals surface area contributed by atoms with Crippen molar-refractivity contribution in [3.63, 3.8) is 0 Å². The molecule has 1 aliphatic carbocycles. The van der Waals surface area contributed by atoms with Gasteiger partial charge in [-0.1, -0.05) is 31.9 Å². The second kappa shape index (κ2) is 6.71. The molecule has 19 heavy (non-hydrogen) atoms. The first-order valence-electron chi connectivity index (χ1n) is 7.34. The quantitative estimate of drug-likeness (QED) is 0.874. The van der Waals surface area contributed by atoms with Gasteiger partial charge in [-0.15, -0.1) is 0 Å². The van der Waals surface area contributed by atoms with Gasteiger partial charge in [-0.3, -0.25) is 4.79 Å². The molecule has 1 saturated carbocycles. The van der Waals surface area contributed by atoms with E-state index in [0.717, 1.165) is 31.4 Å². The summed E-state index contributed by atoms with van der Waals surface area (Å²) in [5, 5.41) is 3.03. The zero-order valence-corrected chi connectivity index (χ0v) is 11.7. The number of hydrogen-bond donors (Lipinski definition) is 2. The molecular formula is C16H24N2O. The molecule has 3 heteroatoms. The van der Waals surface area contributed by atoms with Gasteiger partial charge in [0.15, 0.2) is 0 Å². The van der Waals surface area contributed by atoms with Gasteiger partial charge >= 0.3 is 0 Å². The van der Waals surface area contributed by atoms with E-state index in [2.05, 4.69) is 24.4 Å². The third kappa shape index (κ3) is 3.57. The van der Waals surface area contributed by atoms with Crippen molar-refractivity contribution in [3.8, 4) is 0 Å². The Morgan fingerprint density at radius 3 is 2.58 bits per heavy atom. The smallest absolute Gasteiger partial charge is 0.227 e. The molecule has 0 heterocycles. The fraction of sp³-hybridized carbons (Fsp3) is 0.562. The standard InChI is InChI=1S/C16H24N2O/c1-2-12-7-9-14(10-8-12)18-16(19)15-6-4-3-5-13(15)11-17/h7-10,13,15H,2-6,11,17H2,1H3,(H,18,19). The fourth-order valence-corrected chi connectivity index (χ4v) is 2.89. The molecule has 2 rings (SSSR count). The Morgan fingerprint density at radius 1 is 1.26 bits per heavy atom. The highest BCUT2D eigenvalue weighted by Crippen LogP contribution is 2.30. The summed E-state index contributed by atoms with van der Waals surface area (Å²) < 4.78 is 0. The summed E-state index contributed by atoms with van der Waals surface area (Å²) in [7, 11) is 0. The van der Waals surface area contributed by atoms with Crippen LogP contribution in [0.3, 0.4) is 0 Å². The van der Waals surface area contributed by atoms with Crippen molar-refractivity contribution in [2.75, 3.05) is 11.9 Å². The number of anilines is 1. The Hall–Kier alpha value is -1.35. The predicted molar refractivity (Wildman–Crippen MR) is 79.0 cm³/mol. The Balaban J connectivity index is 1.98. The Labute approximate surface area is 115 Å². The number of carbonyl (C=O) groups excluding carboxylic acids is 1. The van der Waals surface area contributed by atoms with Gasteiger partial charge in [-0.2, -0.15) is 0 Å². The maximum Gasteiger partial charge on any atom is 0.227 e. The number of amides is 1. The molecule has 1 aromatic carbocycles. The molecule has 104 valence electrons. The minimum Gasteiger partial charge on any atom is -0.330 e. The van der Waals surface area contributed by atoms with Crippen molar-refractivity contribution < 1.29 is 4.79 Å². The summed E-state index contributed by atoms with van der Waals surface area (Å²) in [5.41, 5.74) is 7.96. The molecule has 3 N–H and O–H groups in total. The van der Waals surface area contributed by atoms with Gasteiger partial charge in [0.1, 0.15) is 0 Å². The van der Waals surface area contributed by atoms with Crippen molar-refractivity contribution >= 4 is 11.6 Å². The number of benzene rings is 1. The topological polar surface area (TPSA) is 55.1 Å². The molecule has 0 aromatic heterocycles. The van der Waals surface area contributed by atoms with Crippen molar-refractivity contribution in [1.29, 1.82) is 0 Å². The first-order chi connectivity index (χ1) is 9.24. The number of hydrogen-bond acceptors (Lipinski definition) is 2. The van der Waals surface area contributed by atoms with Gasteiger partial charge in [0.25, 0.3) is 0 Å². The lowest BCUT2D eigenvalue weighted by Gasteiger charge is -2.29. The van der Waals surface area contributed by atoms with Gasteiger partial charge in [0.2, 0.25) is 5.91 Å². The van der Waals surface area contributed by atoms with E-state index < -0.39 is 0 Å². The van der Waals surface area contributed by atoms with Crippen LogP contribution in [0.1, 0.15) is 38.2 Å². The van der Waals surface area contributed by atoms with Crippen LogP contribution in [-0.4, -0.2) is 12.5 Å². The van der Waals surface area contributed by atoms with Gasteiger partial charge in [-0.05, 0) is 49.4 Å². The van der Waals surface area contributed by atoms with E-state index in [1.807, 2.05) is 12.1 Å². The monoisotopic (exact) mass is 260 g/mol. The SMILES string of the molecule is CCc1ccc(NC(=O)C2CCCCC2CN)cc1. The summed E-state index contributed by atoms with van der Waals surface area (Å²) in [6.07, 6.45) is 5.43.